The Labute approximate surface area is 82.2 Å². The van der Waals surface area contributed by atoms with E-state index in [1.54, 1.807) is 6.92 Å². The van der Waals surface area contributed by atoms with E-state index in [0.717, 1.165) is 0 Å². The second-order valence-electron chi connectivity index (χ2n) is 3.24. The number of nitrogens with two attached hydrogens (primary N) is 2. The molecule has 1 amide bonds. The lowest BCUT2D eigenvalue weighted by Gasteiger charge is -2.35. The predicted octanol–water partition coefficient (Wildman–Crippen LogP) is -1.69. The molecule has 0 unspecified atom stereocenters. The molecule has 0 aromatic carbocycles. The van der Waals surface area contributed by atoms with E-state index in [0.29, 0.717) is 6.61 Å². The van der Waals surface area contributed by atoms with Crippen molar-refractivity contribution in [2.45, 2.75) is 37.9 Å². The molecule has 6 nitrogen and oxygen atoms in total. The van der Waals surface area contributed by atoms with E-state index in [-0.39, 0.29) is 6.42 Å². The molecule has 14 heavy (non-hydrogen) atoms. The van der Waals surface area contributed by atoms with E-state index >= 15 is 0 Å². The summed E-state index contributed by atoms with van der Waals surface area (Å²) in [6.45, 7) is 2.13. The van der Waals surface area contributed by atoms with Gasteiger partial charge in [0.15, 0.2) is 6.29 Å². The van der Waals surface area contributed by atoms with Crippen LogP contribution in [0, 0.1) is 0 Å². The lowest BCUT2D eigenvalue weighted by molar-refractivity contribution is -0.239. The van der Waals surface area contributed by atoms with Crippen LogP contribution in [0.4, 0.5) is 0 Å². The molecule has 0 aromatic heterocycles. The zero-order chi connectivity index (χ0) is 10.7. The minimum atomic E-state index is -0.912. The molecule has 1 heterocycles. The molecule has 82 valence electrons. The van der Waals surface area contributed by atoms with Gasteiger partial charge in [0.05, 0.1) is 0 Å². The molecule has 5 N–H and O–H groups in total. The summed E-state index contributed by atoms with van der Waals surface area (Å²) in [4.78, 5) is 10.9. The van der Waals surface area contributed by atoms with Crippen molar-refractivity contribution in [2.24, 2.45) is 11.5 Å². The number of ether oxygens (including phenoxy) is 2. The molecule has 1 fully saturated rings. The minimum absolute atomic E-state index is 0.222. The summed E-state index contributed by atoms with van der Waals surface area (Å²) in [5, 5.41) is 9.54. The minimum Gasteiger partial charge on any atom is -0.386 e. The first-order valence-corrected chi connectivity index (χ1v) is 4.56. The first-order valence-electron chi connectivity index (χ1n) is 4.56. The van der Waals surface area contributed by atoms with E-state index in [1.165, 1.54) is 0 Å². The highest BCUT2D eigenvalue weighted by Crippen LogP contribution is 2.19. The van der Waals surface area contributed by atoms with Crippen molar-refractivity contribution in [2.75, 3.05) is 6.61 Å². The number of rotatable bonds is 3. The summed E-state index contributed by atoms with van der Waals surface area (Å²) in [6, 6.07) is -0.544. The van der Waals surface area contributed by atoms with Gasteiger partial charge in [-0.15, -0.1) is 0 Å². The molecular weight excluding hydrogens is 188 g/mol. The lowest BCUT2D eigenvalue weighted by Crippen LogP contribution is -2.56. The van der Waals surface area contributed by atoms with Crippen molar-refractivity contribution in [3.05, 3.63) is 0 Å². The molecule has 6 heteroatoms. The highest BCUT2D eigenvalue weighted by molar-refractivity contribution is 5.79. The maximum absolute atomic E-state index is 10.9. The van der Waals surface area contributed by atoms with E-state index in [1.807, 2.05) is 0 Å². The fraction of sp³-hybridized carbons (Fsp3) is 0.875. The van der Waals surface area contributed by atoms with Crippen LogP contribution in [-0.2, 0) is 14.3 Å². The standard InChI is InChI=1S/C8H16N2O4/c1-2-13-8-6(11)4(9)3-5(14-8)7(10)12/h4-6,8,11H,2-3,9H2,1H3,(H2,10,12)/t4-,5+,6-,8-/m1/s1. The summed E-state index contributed by atoms with van der Waals surface area (Å²) in [5.41, 5.74) is 10.7. The zero-order valence-electron chi connectivity index (χ0n) is 8.05. The van der Waals surface area contributed by atoms with Crippen LogP contribution in [0.5, 0.6) is 0 Å². The predicted molar refractivity (Wildman–Crippen MR) is 48.1 cm³/mol. The van der Waals surface area contributed by atoms with Crippen LogP contribution in [0.2, 0.25) is 0 Å². The van der Waals surface area contributed by atoms with Crippen LogP contribution in [0.25, 0.3) is 0 Å². The Bertz CT molecular complexity index is 212. The number of primary amides is 1. The number of hydrogen-bond donors (Lipinski definition) is 3. The number of carbonyl (C=O) groups excluding carboxylic acids is 1. The van der Waals surface area contributed by atoms with Crippen molar-refractivity contribution < 1.29 is 19.4 Å². The lowest BCUT2D eigenvalue weighted by atomic mass is 10.0. The molecule has 0 saturated carbocycles. The van der Waals surface area contributed by atoms with Gasteiger partial charge in [0.2, 0.25) is 5.91 Å². The van der Waals surface area contributed by atoms with Gasteiger partial charge in [0.25, 0.3) is 0 Å². The molecular formula is C8H16N2O4. The second kappa shape index (κ2) is 4.70. The quantitative estimate of drug-likeness (QED) is 0.508. The van der Waals surface area contributed by atoms with Crippen molar-refractivity contribution >= 4 is 5.91 Å². The summed E-state index contributed by atoms with van der Waals surface area (Å²) >= 11 is 0. The number of aliphatic hydroxyl groups excluding tert-OH is 1. The average Bonchev–Trinajstić information content (AvgIpc) is 2.12. The van der Waals surface area contributed by atoms with Crippen LogP contribution in [0.3, 0.4) is 0 Å². The third kappa shape index (κ3) is 2.42. The van der Waals surface area contributed by atoms with E-state index in [4.69, 9.17) is 20.9 Å². The normalized spacial score (nSPS) is 38.2. The summed E-state index contributed by atoms with van der Waals surface area (Å²) in [7, 11) is 0. The van der Waals surface area contributed by atoms with Crippen LogP contribution < -0.4 is 11.5 Å². The Kier molecular flexibility index (Phi) is 3.82. The molecule has 1 aliphatic heterocycles. The Balaban J connectivity index is 2.61. The molecule has 0 aromatic rings. The van der Waals surface area contributed by atoms with Gasteiger partial charge in [-0.25, -0.2) is 0 Å². The van der Waals surface area contributed by atoms with E-state index in [9.17, 15) is 9.90 Å². The summed E-state index contributed by atoms with van der Waals surface area (Å²) in [6.07, 6.45) is -2.32. The largest absolute Gasteiger partial charge is 0.386 e. The summed E-state index contributed by atoms with van der Waals surface area (Å²) < 4.78 is 10.2. The smallest absolute Gasteiger partial charge is 0.246 e. The molecule has 0 bridgehead atoms. The van der Waals surface area contributed by atoms with Gasteiger partial charge in [0, 0.05) is 19.1 Å². The topological polar surface area (TPSA) is 108 Å². The number of amides is 1. The second-order valence-corrected chi connectivity index (χ2v) is 3.24. The molecule has 1 aliphatic rings. The molecule has 1 saturated heterocycles. The monoisotopic (exact) mass is 204 g/mol. The van der Waals surface area contributed by atoms with Gasteiger partial charge < -0.3 is 26.0 Å². The first kappa shape index (κ1) is 11.4. The molecule has 0 radical (unpaired) electrons. The SMILES string of the molecule is CCO[C@@H]1O[C@H](C(N)=O)C[C@@H](N)[C@H]1O. The Morgan fingerprint density at radius 2 is 2.36 bits per heavy atom. The van der Waals surface area contributed by atoms with Crippen LogP contribution in [0.1, 0.15) is 13.3 Å². The van der Waals surface area contributed by atoms with Crippen LogP contribution >= 0.6 is 0 Å². The average molecular weight is 204 g/mol. The third-order valence-corrected chi connectivity index (χ3v) is 2.15. The maximum Gasteiger partial charge on any atom is 0.246 e. The molecule has 1 rings (SSSR count). The molecule has 0 spiro atoms. The highest BCUT2D eigenvalue weighted by Gasteiger charge is 2.38. The number of hydrogen-bond acceptors (Lipinski definition) is 5. The van der Waals surface area contributed by atoms with Crippen molar-refractivity contribution in [3.63, 3.8) is 0 Å². The Morgan fingerprint density at radius 1 is 1.71 bits per heavy atom. The number of carbonyl (C=O) groups is 1. The fourth-order valence-corrected chi connectivity index (χ4v) is 1.37. The van der Waals surface area contributed by atoms with E-state index in [2.05, 4.69) is 0 Å². The van der Waals surface area contributed by atoms with Gasteiger partial charge >= 0.3 is 0 Å². The van der Waals surface area contributed by atoms with Crippen molar-refractivity contribution in [1.29, 1.82) is 0 Å². The van der Waals surface area contributed by atoms with Crippen LogP contribution in [0.15, 0.2) is 0 Å². The third-order valence-electron chi connectivity index (χ3n) is 2.15. The van der Waals surface area contributed by atoms with Gasteiger partial charge in [-0.1, -0.05) is 0 Å². The maximum atomic E-state index is 10.9. The Hall–Kier alpha value is -0.690. The van der Waals surface area contributed by atoms with Gasteiger partial charge in [-0.2, -0.15) is 0 Å². The first-order chi connectivity index (χ1) is 6.56. The van der Waals surface area contributed by atoms with E-state index < -0.39 is 30.4 Å². The Morgan fingerprint density at radius 3 is 2.86 bits per heavy atom. The number of aliphatic hydroxyl groups is 1. The summed E-state index contributed by atoms with van der Waals surface area (Å²) in [5.74, 6) is -0.586. The van der Waals surface area contributed by atoms with Crippen molar-refractivity contribution in [3.8, 4) is 0 Å². The van der Waals surface area contributed by atoms with Gasteiger partial charge in [-0.3, -0.25) is 4.79 Å². The van der Waals surface area contributed by atoms with Gasteiger partial charge in [-0.05, 0) is 6.92 Å². The van der Waals surface area contributed by atoms with Gasteiger partial charge in [0.1, 0.15) is 12.2 Å². The highest BCUT2D eigenvalue weighted by atomic mass is 16.7. The molecule has 4 atom stereocenters. The van der Waals surface area contributed by atoms with Crippen molar-refractivity contribution in [1.82, 2.24) is 0 Å². The zero-order valence-corrected chi connectivity index (χ0v) is 8.05. The van der Waals surface area contributed by atoms with Crippen LogP contribution in [-0.4, -0.2) is 42.2 Å². The molecule has 0 aliphatic carbocycles. The fourth-order valence-electron chi connectivity index (χ4n) is 1.37.